The number of nitrogens with zero attached hydrogens (tertiary/aromatic N) is 1. The fourth-order valence-corrected chi connectivity index (χ4v) is 2.63. The summed E-state index contributed by atoms with van der Waals surface area (Å²) in [5.74, 6) is 0.698. The maximum absolute atomic E-state index is 12.1. The lowest BCUT2D eigenvalue weighted by molar-refractivity contribution is -0.130. The fourth-order valence-electron chi connectivity index (χ4n) is 2.41. The molecular weight excluding hydrogens is 370 g/mol. The van der Waals surface area contributed by atoms with Gasteiger partial charge in [-0.3, -0.25) is 14.8 Å². The molecule has 0 saturated carbocycles. The number of carbonyl (C=O) groups is 2. The van der Waals surface area contributed by atoms with Gasteiger partial charge in [-0.05, 0) is 53.6 Å². The van der Waals surface area contributed by atoms with Gasteiger partial charge in [-0.15, -0.1) is 0 Å². The van der Waals surface area contributed by atoms with Crippen LogP contribution in [0, 0.1) is 0 Å². The normalized spacial score (nSPS) is 11.6. The van der Waals surface area contributed by atoms with E-state index in [2.05, 4.69) is 4.84 Å². The number of hydroxylamine groups is 1. The number of ether oxygens (including phenoxy) is 1. The molecular formula is C19H22ClN3O4. The average molecular weight is 392 g/mol. The van der Waals surface area contributed by atoms with Crippen molar-refractivity contribution in [3.05, 3.63) is 59.7 Å². The number of carbonyl (C=O) groups excluding carboxylic acids is 2. The molecule has 2 aromatic carbocycles. The Labute approximate surface area is 163 Å². The smallest absolute Gasteiger partial charge is 0.244 e. The van der Waals surface area contributed by atoms with Gasteiger partial charge in [0, 0.05) is 20.5 Å². The van der Waals surface area contributed by atoms with E-state index < -0.39 is 11.9 Å². The van der Waals surface area contributed by atoms with Crippen molar-refractivity contribution in [2.45, 2.75) is 18.9 Å². The van der Waals surface area contributed by atoms with Crippen molar-refractivity contribution in [2.75, 3.05) is 14.1 Å². The van der Waals surface area contributed by atoms with Crippen LogP contribution in [0.1, 0.15) is 23.6 Å². The number of likely N-dealkylation sites (N-methyl/N-ethyl adjacent to an activating group) is 1. The van der Waals surface area contributed by atoms with Crippen molar-refractivity contribution < 1.29 is 19.5 Å². The van der Waals surface area contributed by atoms with E-state index in [1.54, 1.807) is 56.0 Å². The lowest BCUT2D eigenvalue weighted by atomic mass is 10.1. The highest BCUT2D eigenvalue weighted by atomic mass is 35.5. The molecule has 0 aliphatic carbocycles. The van der Waals surface area contributed by atoms with Crippen LogP contribution in [0.25, 0.3) is 0 Å². The van der Waals surface area contributed by atoms with Gasteiger partial charge in [0.05, 0.1) is 0 Å². The Bertz CT molecular complexity index is 764. The highest BCUT2D eigenvalue weighted by molar-refractivity contribution is 6.15. The minimum Gasteiger partial charge on any atom is -0.457 e. The summed E-state index contributed by atoms with van der Waals surface area (Å²) in [6, 6.07) is 13.8. The Hall–Kier alpha value is -2.61. The number of aryl methyl sites for hydroxylation is 1. The van der Waals surface area contributed by atoms with Crippen LogP contribution >= 0.6 is 11.8 Å². The first-order chi connectivity index (χ1) is 12.9. The van der Waals surface area contributed by atoms with E-state index in [1.807, 2.05) is 12.1 Å². The Kier molecular flexibility index (Phi) is 7.60. The van der Waals surface area contributed by atoms with Crippen molar-refractivity contribution in [1.82, 2.24) is 15.2 Å². The minimum atomic E-state index is -0.633. The van der Waals surface area contributed by atoms with E-state index >= 15 is 0 Å². The summed E-state index contributed by atoms with van der Waals surface area (Å²) in [5.41, 5.74) is 3.30. The van der Waals surface area contributed by atoms with Crippen molar-refractivity contribution in [2.24, 2.45) is 0 Å². The number of rotatable bonds is 8. The topological polar surface area (TPSA) is 90.9 Å². The Morgan fingerprint density at radius 1 is 1.07 bits per heavy atom. The summed E-state index contributed by atoms with van der Waals surface area (Å²) in [6.45, 7) is 0. The van der Waals surface area contributed by atoms with E-state index in [0.717, 1.165) is 11.1 Å². The van der Waals surface area contributed by atoms with Crippen LogP contribution in [0.15, 0.2) is 48.5 Å². The molecule has 2 aromatic rings. The van der Waals surface area contributed by atoms with Crippen molar-refractivity contribution >= 4 is 23.6 Å². The molecule has 27 heavy (non-hydrogen) atoms. The summed E-state index contributed by atoms with van der Waals surface area (Å²) >= 11 is 5.71. The molecule has 0 bridgehead atoms. The fraction of sp³-hybridized carbons (Fsp3) is 0.263. The molecule has 8 heteroatoms. The summed E-state index contributed by atoms with van der Waals surface area (Å²) in [6.07, 6.45) is 0.730. The maximum Gasteiger partial charge on any atom is 0.244 e. The highest BCUT2D eigenvalue weighted by Crippen LogP contribution is 2.25. The van der Waals surface area contributed by atoms with Gasteiger partial charge >= 0.3 is 0 Å². The number of hydrogen-bond donors (Lipinski definition) is 3. The quantitative estimate of drug-likeness (QED) is 0.365. The number of amides is 2. The Morgan fingerprint density at radius 2 is 1.63 bits per heavy atom. The zero-order valence-electron chi connectivity index (χ0n) is 15.1. The molecule has 144 valence electrons. The Balaban J connectivity index is 1.99. The van der Waals surface area contributed by atoms with Gasteiger partial charge in [-0.1, -0.05) is 24.3 Å². The second-order valence-electron chi connectivity index (χ2n) is 6.12. The van der Waals surface area contributed by atoms with Gasteiger partial charge in [-0.2, -0.15) is 0 Å². The molecule has 2 rings (SSSR count). The predicted molar refractivity (Wildman–Crippen MR) is 102 cm³/mol. The Morgan fingerprint density at radius 3 is 2.11 bits per heavy atom. The predicted octanol–water partition coefficient (Wildman–Crippen LogP) is 2.79. The minimum absolute atomic E-state index is 0.149. The molecule has 3 N–H and O–H groups in total. The molecule has 2 amide bonds. The second-order valence-corrected chi connectivity index (χ2v) is 6.34. The first-order valence-corrected chi connectivity index (χ1v) is 8.69. The van der Waals surface area contributed by atoms with E-state index in [9.17, 15) is 9.59 Å². The van der Waals surface area contributed by atoms with E-state index in [4.69, 9.17) is 21.7 Å². The van der Waals surface area contributed by atoms with E-state index in [1.165, 1.54) is 4.90 Å². The first kappa shape index (κ1) is 20.7. The van der Waals surface area contributed by atoms with Crippen LogP contribution in [0.5, 0.6) is 11.5 Å². The number of benzene rings is 2. The average Bonchev–Trinajstić information content (AvgIpc) is 2.68. The molecule has 0 fully saturated rings. The standard InChI is InChI=1S/C19H22ClN3O4/c1-23(2)19(25)18(21-20)14-6-10-16(11-7-14)27-15-8-3-13(4-9-15)5-12-17(24)22-26/h3-4,6-11,18,21,26H,5,12H2,1-2H3,(H,22,24). The lowest BCUT2D eigenvalue weighted by Crippen LogP contribution is -2.33. The zero-order valence-corrected chi connectivity index (χ0v) is 15.9. The van der Waals surface area contributed by atoms with E-state index in [0.29, 0.717) is 17.9 Å². The molecule has 0 aliphatic heterocycles. The van der Waals surface area contributed by atoms with Crippen molar-refractivity contribution in [3.63, 3.8) is 0 Å². The van der Waals surface area contributed by atoms with Gasteiger partial charge in [0.25, 0.3) is 0 Å². The maximum atomic E-state index is 12.1. The zero-order chi connectivity index (χ0) is 19.8. The van der Waals surface area contributed by atoms with Gasteiger partial charge in [0.1, 0.15) is 17.5 Å². The van der Waals surface area contributed by atoms with Crippen LogP contribution in [-0.4, -0.2) is 36.0 Å². The van der Waals surface area contributed by atoms with E-state index in [-0.39, 0.29) is 12.3 Å². The van der Waals surface area contributed by atoms with Gasteiger partial charge in [-0.25, -0.2) is 10.3 Å². The van der Waals surface area contributed by atoms with Gasteiger partial charge in [0.15, 0.2) is 0 Å². The number of hydrogen-bond acceptors (Lipinski definition) is 5. The molecule has 0 aliphatic rings. The summed E-state index contributed by atoms with van der Waals surface area (Å²) in [7, 11) is 3.34. The summed E-state index contributed by atoms with van der Waals surface area (Å²) in [4.78, 5) is 27.1. The first-order valence-electron chi connectivity index (χ1n) is 8.31. The third kappa shape index (κ3) is 5.96. The van der Waals surface area contributed by atoms with Crippen molar-refractivity contribution in [1.29, 1.82) is 0 Å². The molecule has 0 heterocycles. The van der Waals surface area contributed by atoms with Crippen LogP contribution in [0.3, 0.4) is 0 Å². The third-order valence-electron chi connectivity index (χ3n) is 3.93. The molecule has 0 spiro atoms. The molecule has 1 unspecified atom stereocenters. The molecule has 7 nitrogen and oxygen atoms in total. The monoisotopic (exact) mass is 391 g/mol. The SMILES string of the molecule is CN(C)C(=O)C(NCl)c1ccc(Oc2ccc(CCC(=O)NO)cc2)cc1. The summed E-state index contributed by atoms with van der Waals surface area (Å²) in [5, 5.41) is 8.50. The van der Waals surface area contributed by atoms with Crippen LogP contribution in [0.2, 0.25) is 0 Å². The molecule has 0 radical (unpaired) electrons. The molecule has 0 aromatic heterocycles. The lowest BCUT2D eigenvalue weighted by Gasteiger charge is -2.19. The van der Waals surface area contributed by atoms with Crippen LogP contribution < -0.4 is 15.1 Å². The molecule has 1 atom stereocenters. The third-order valence-corrected chi connectivity index (χ3v) is 4.15. The second kappa shape index (κ2) is 9.91. The van der Waals surface area contributed by atoms with Gasteiger partial charge < -0.3 is 9.64 Å². The summed E-state index contributed by atoms with van der Waals surface area (Å²) < 4.78 is 5.79. The van der Waals surface area contributed by atoms with Crippen LogP contribution in [0.4, 0.5) is 0 Å². The van der Waals surface area contributed by atoms with Crippen molar-refractivity contribution in [3.8, 4) is 11.5 Å². The number of halogens is 1. The molecule has 0 saturated heterocycles. The van der Waals surface area contributed by atoms with Crippen LogP contribution in [-0.2, 0) is 16.0 Å². The highest BCUT2D eigenvalue weighted by Gasteiger charge is 2.21. The van der Waals surface area contributed by atoms with Gasteiger partial charge in [0.2, 0.25) is 11.8 Å². The largest absolute Gasteiger partial charge is 0.457 e. The number of nitrogens with one attached hydrogen (secondary N) is 2.